The van der Waals surface area contributed by atoms with Crippen molar-refractivity contribution in [1.82, 2.24) is 4.98 Å². The second kappa shape index (κ2) is 14.8. The third kappa shape index (κ3) is 8.95. The minimum absolute atomic E-state index is 0.00774. The van der Waals surface area contributed by atoms with E-state index >= 15 is 0 Å². The second-order valence-corrected chi connectivity index (χ2v) is 14.7. The van der Waals surface area contributed by atoms with E-state index in [9.17, 15) is 9.59 Å². The molecular weight excluding hydrogens is 550 g/mol. The molecule has 2 unspecified atom stereocenters. The Labute approximate surface area is 263 Å². The van der Waals surface area contributed by atoms with Crippen molar-refractivity contribution in [2.45, 2.75) is 119 Å². The van der Waals surface area contributed by atoms with Crippen LogP contribution in [0.2, 0.25) is 0 Å². The van der Waals surface area contributed by atoms with Crippen molar-refractivity contribution >= 4 is 17.1 Å². The second-order valence-electron chi connectivity index (χ2n) is 14.7. The van der Waals surface area contributed by atoms with Crippen LogP contribution in [0.15, 0.2) is 51.8 Å². The van der Waals surface area contributed by atoms with E-state index in [4.69, 9.17) is 13.9 Å². The highest BCUT2D eigenvalue weighted by Gasteiger charge is 2.67. The molecule has 0 aliphatic heterocycles. The highest BCUT2D eigenvalue weighted by Crippen LogP contribution is 2.68. The molecule has 1 aliphatic rings. The van der Waals surface area contributed by atoms with Gasteiger partial charge in [0, 0.05) is 11.6 Å². The van der Waals surface area contributed by atoms with Crippen LogP contribution >= 0.6 is 0 Å². The van der Waals surface area contributed by atoms with Crippen molar-refractivity contribution in [3.63, 3.8) is 0 Å². The Bertz CT molecular complexity index is 1450. The SMILES string of the molecule is Cc1cc(-c2cc3cccnc3oc2=O)ccc1OCCCCCCCCCCCCOC(=O)C1(C)CC1(C)CC(C)(C)C. The Hall–Kier alpha value is -3.15. The molecule has 4 rings (SSSR count). The van der Waals surface area contributed by atoms with E-state index in [2.05, 4.69) is 39.6 Å². The predicted molar refractivity (Wildman–Crippen MR) is 178 cm³/mol. The zero-order valence-corrected chi connectivity index (χ0v) is 27.9. The number of rotatable bonds is 17. The van der Waals surface area contributed by atoms with Gasteiger partial charge < -0.3 is 13.9 Å². The third-order valence-corrected chi connectivity index (χ3v) is 9.35. The van der Waals surface area contributed by atoms with Crippen LogP contribution in [0.1, 0.15) is 117 Å². The Balaban J connectivity index is 1.01. The first-order valence-electron chi connectivity index (χ1n) is 16.7. The van der Waals surface area contributed by atoms with E-state index in [0.29, 0.717) is 24.5 Å². The van der Waals surface area contributed by atoms with Gasteiger partial charge in [0.05, 0.1) is 24.2 Å². The molecule has 2 aromatic heterocycles. The minimum atomic E-state index is -0.385. The maximum atomic E-state index is 12.7. The number of carbonyl (C=O) groups excluding carboxylic acids is 1. The van der Waals surface area contributed by atoms with Gasteiger partial charge in [-0.25, -0.2) is 9.78 Å². The molecule has 0 saturated heterocycles. The number of aryl methyl sites for hydroxylation is 1. The molecule has 0 spiro atoms. The van der Waals surface area contributed by atoms with Crippen molar-refractivity contribution in [2.75, 3.05) is 13.2 Å². The van der Waals surface area contributed by atoms with Gasteiger partial charge in [-0.2, -0.15) is 0 Å². The molecule has 2 atom stereocenters. The van der Waals surface area contributed by atoms with Gasteiger partial charge in [0.1, 0.15) is 5.75 Å². The zero-order chi connectivity index (χ0) is 31.8. The van der Waals surface area contributed by atoms with Gasteiger partial charge >= 0.3 is 11.6 Å². The molecule has 1 aromatic carbocycles. The molecule has 2 heterocycles. The van der Waals surface area contributed by atoms with E-state index in [1.807, 2.05) is 43.3 Å². The van der Waals surface area contributed by atoms with Crippen LogP contribution in [-0.4, -0.2) is 24.2 Å². The molecule has 6 heteroatoms. The number of carbonyl (C=O) groups is 1. The topological polar surface area (TPSA) is 78.6 Å². The van der Waals surface area contributed by atoms with Crippen LogP contribution in [0.4, 0.5) is 0 Å². The van der Waals surface area contributed by atoms with Gasteiger partial charge in [-0.05, 0) is 91.8 Å². The number of ether oxygens (including phenoxy) is 2. The van der Waals surface area contributed by atoms with Gasteiger partial charge in [0.15, 0.2) is 0 Å². The molecule has 0 radical (unpaired) electrons. The molecule has 1 saturated carbocycles. The van der Waals surface area contributed by atoms with Gasteiger partial charge in [0.2, 0.25) is 5.71 Å². The summed E-state index contributed by atoms with van der Waals surface area (Å²) < 4.78 is 17.1. The van der Waals surface area contributed by atoms with E-state index in [1.54, 1.807) is 6.20 Å². The van der Waals surface area contributed by atoms with Crippen molar-refractivity contribution in [3.05, 3.63) is 58.6 Å². The smallest absolute Gasteiger partial charge is 0.345 e. The molecule has 3 aromatic rings. The van der Waals surface area contributed by atoms with Crippen LogP contribution in [0, 0.1) is 23.2 Å². The monoisotopic (exact) mass is 603 g/mol. The van der Waals surface area contributed by atoms with Crippen LogP contribution in [-0.2, 0) is 9.53 Å². The number of esters is 1. The lowest BCUT2D eigenvalue weighted by atomic mass is 9.79. The molecule has 1 fully saturated rings. The summed E-state index contributed by atoms with van der Waals surface area (Å²) in [6.45, 7) is 14.3. The van der Waals surface area contributed by atoms with Crippen molar-refractivity contribution in [1.29, 1.82) is 0 Å². The van der Waals surface area contributed by atoms with Crippen LogP contribution in [0.3, 0.4) is 0 Å². The van der Waals surface area contributed by atoms with E-state index in [1.165, 1.54) is 44.9 Å². The number of aromatic nitrogens is 1. The van der Waals surface area contributed by atoms with Crippen molar-refractivity contribution in [2.24, 2.45) is 16.2 Å². The first-order chi connectivity index (χ1) is 20.9. The Morgan fingerprint density at radius 3 is 2.18 bits per heavy atom. The minimum Gasteiger partial charge on any atom is -0.493 e. The summed E-state index contributed by atoms with van der Waals surface area (Å²) in [6.07, 6.45) is 15.5. The van der Waals surface area contributed by atoms with Gasteiger partial charge in [0.25, 0.3) is 0 Å². The maximum absolute atomic E-state index is 12.7. The number of hydrogen-bond acceptors (Lipinski definition) is 6. The van der Waals surface area contributed by atoms with E-state index < -0.39 is 0 Å². The lowest BCUT2D eigenvalue weighted by Crippen LogP contribution is -2.25. The average molecular weight is 604 g/mol. The molecule has 6 nitrogen and oxygen atoms in total. The lowest BCUT2D eigenvalue weighted by Gasteiger charge is -2.26. The standard InChI is InChI=1S/C38H53NO5/c1-28-24-29(31-25-30-18-17-21-39-33(30)44-34(31)40)19-20-32(28)42-22-15-13-11-9-7-8-10-12-14-16-23-43-35(41)38(6)27-37(38,5)26-36(2,3)4/h17-21,24-25H,7-16,22-23,26-27H2,1-6H3. The normalized spacial score (nSPS) is 19.7. The van der Waals surface area contributed by atoms with Gasteiger partial charge in [-0.1, -0.05) is 85.1 Å². The summed E-state index contributed by atoms with van der Waals surface area (Å²) in [7, 11) is 0. The molecule has 0 amide bonds. The summed E-state index contributed by atoms with van der Waals surface area (Å²) in [5.74, 6) is 0.865. The summed E-state index contributed by atoms with van der Waals surface area (Å²) in [4.78, 5) is 29.3. The fourth-order valence-electron chi connectivity index (χ4n) is 6.74. The number of fused-ring (bicyclic) bond motifs is 1. The number of hydrogen-bond donors (Lipinski definition) is 0. The van der Waals surface area contributed by atoms with Crippen molar-refractivity contribution < 1.29 is 18.7 Å². The first kappa shape index (κ1) is 33.7. The molecule has 44 heavy (non-hydrogen) atoms. The molecular formula is C38H53NO5. The molecule has 0 N–H and O–H groups in total. The Kier molecular flexibility index (Phi) is 11.3. The average Bonchev–Trinajstić information content (AvgIpc) is 3.52. The summed E-state index contributed by atoms with van der Waals surface area (Å²) in [6, 6.07) is 11.4. The van der Waals surface area contributed by atoms with Gasteiger partial charge in [-0.15, -0.1) is 0 Å². The number of benzene rings is 1. The fraction of sp³-hybridized carbons (Fsp3) is 0.605. The maximum Gasteiger partial charge on any atom is 0.345 e. The molecule has 1 aliphatic carbocycles. The summed E-state index contributed by atoms with van der Waals surface area (Å²) >= 11 is 0. The molecule has 240 valence electrons. The first-order valence-corrected chi connectivity index (χ1v) is 16.7. The number of unbranched alkanes of at least 4 members (excludes halogenated alkanes) is 9. The zero-order valence-electron chi connectivity index (χ0n) is 27.9. The number of nitrogens with zero attached hydrogens (tertiary/aromatic N) is 1. The van der Waals surface area contributed by atoms with E-state index in [0.717, 1.165) is 54.4 Å². The van der Waals surface area contributed by atoms with Crippen molar-refractivity contribution in [3.8, 4) is 16.9 Å². The van der Waals surface area contributed by atoms with Crippen LogP contribution < -0.4 is 10.4 Å². The highest BCUT2D eigenvalue weighted by molar-refractivity contribution is 5.81. The fourth-order valence-corrected chi connectivity index (χ4v) is 6.74. The highest BCUT2D eigenvalue weighted by atomic mass is 16.5. The third-order valence-electron chi connectivity index (χ3n) is 9.35. The summed E-state index contributed by atoms with van der Waals surface area (Å²) in [5, 5.41) is 0.803. The van der Waals surface area contributed by atoms with Crippen LogP contribution in [0.5, 0.6) is 5.75 Å². The quantitative estimate of drug-likeness (QED) is 0.113. The van der Waals surface area contributed by atoms with E-state index in [-0.39, 0.29) is 27.8 Å². The summed E-state index contributed by atoms with van der Waals surface area (Å²) in [5.41, 5.74) is 2.34. The Morgan fingerprint density at radius 2 is 1.55 bits per heavy atom. The Morgan fingerprint density at radius 1 is 0.909 bits per heavy atom. The largest absolute Gasteiger partial charge is 0.493 e. The predicted octanol–water partition coefficient (Wildman–Crippen LogP) is 9.84. The number of pyridine rings is 1. The lowest BCUT2D eigenvalue weighted by molar-refractivity contribution is -0.151. The van der Waals surface area contributed by atoms with Crippen LogP contribution in [0.25, 0.3) is 22.2 Å². The van der Waals surface area contributed by atoms with Gasteiger partial charge in [-0.3, -0.25) is 4.79 Å². The molecule has 0 bridgehead atoms.